The van der Waals surface area contributed by atoms with Crippen molar-refractivity contribution in [2.75, 3.05) is 25.1 Å². The lowest BCUT2D eigenvalue weighted by atomic mass is 10.2. The van der Waals surface area contributed by atoms with Gasteiger partial charge >= 0.3 is 5.97 Å². The Hall–Kier alpha value is -0.620. The van der Waals surface area contributed by atoms with E-state index in [4.69, 9.17) is 4.74 Å². The Morgan fingerprint density at radius 1 is 1.33 bits per heavy atom. The molecule has 0 atom stereocenters. The van der Waals surface area contributed by atoms with Crippen molar-refractivity contribution in [2.45, 2.75) is 26.4 Å². The van der Waals surface area contributed by atoms with Crippen molar-refractivity contribution in [3.05, 3.63) is 0 Å². The third-order valence-electron chi connectivity index (χ3n) is 1.42. The van der Waals surface area contributed by atoms with Gasteiger partial charge in [-0.15, -0.1) is 0 Å². The number of carbonyl (C=O) groups excluding carboxylic acids is 1. The summed E-state index contributed by atoms with van der Waals surface area (Å²) in [7, 11) is -1.70. The van der Waals surface area contributed by atoms with Crippen LogP contribution in [0.1, 0.15) is 20.8 Å². The first-order valence-corrected chi connectivity index (χ1v) is 6.55. The summed E-state index contributed by atoms with van der Waals surface area (Å²) in [5, 5.41) is 2.71. The van der Waals surface area contributed by atoms with Crippen LogP contribution in [0.2, 0.25) is 0 Å². The molecule has 0 aliphatic heterocycles. The van der Waals surface area contributed by atoms with Gasteiger partial charge in [0, 0.05) is 6.54 Å². The summed E-state index contributed by atoms with van der Waals surface area (Å²) in [4.78, 5) is 11.2. The van der Waals surface area contributed by atoms with E-state index < -0.39 is 27.2 Å². The molecule has 1 N–H and O–H groups in total. The fourth-order valence-corrected chi connectivity index (χ4v) is 1.96. The maximum absolute atomic E-state index is 11.3. The predicted molar refractivity (Wildman–Crippen MR) is 58.4 cm³/mol. The van der Waals surface area contributed by atoms with Crippen molar-refractivity contribution in [3.63, 3.8) is 0 Å². The molecule has 0 aliphatic carbocycles. The summed E-state index contributed by atoms with van der Waals surface area (Å²) in [6.45, 7) is 5.44. The lowest BCUT2D eigenvalue weighted by molar-refractivity contribution is -0.151. The quantitative estimate of drug-likeness (QED) is 0.679. The van der Waals surface area contributed by atoms with Gasteiger partial charge in [0.15, 0.2) is 9.84 Å². The molecular formula is C9H19NO4S. The van der Waals surface area contributed by atoms with E-state index in [1.807, 2.05) is 0 Å². The molecule has 15 heavy (non-hydrogen) atoms. The van der Waals surface area contributed by atoms with Crippen molar-refractivity contribution < 1.29 is 17.9 Å². The van der Waals surface area contributed by atoms with Gasteiger partial charge in [0.2, 0.25) is 0 Å². The van der Waals surface area contributed by atoms with Crippen molar-refractivity contribution in [2.24, 2.45) is 0 Å². The Kier molecular flexibility index (Phi) is 5.23. The van der Waals surface area contributed by atoms with Crippen LogP contribution < -0.4 is 5.32 Å². The second-order valence-electron chi connectivity index (χ2n) is 4.28. The van der Waals surface area contributed by atoms with E-state index in [1.165, 1.54) is 0 Å². The van der Waals surface area contributed by atoms with Crippen LogP contribution in [0.15, 0.2) is 0 Å². The molecule has 0 aromatic heterocycles. The SMILES string of the molecule is CNCCS(=O)(=O)CC(=O)OC(C)(C)C. The van der Waals surface area contributed by atoms with Crippen LogP contribution in [0.25, 0.3) is 0 Å². The topological polar surface area (TPSA) is 72.5 Å². The summed E-state index contributed by atoms with van der Waals surface area (Å²) >= 11 is 0. The van der Waals surface area contributed by atoms with Gasteiger partial charge in [0.1, 0.15) is 11.4 Å². The smallest absolute Gasteiger partial charge is 0.321 e. The van der Waals surface area contributed by atoms with Crippen LogP contribution in [0, 0.1) is 0 Å². The van der Waals surface area contributed by atoms with Gasteiger partial charge in [-0.3, -0.25) is 4.79 Å². The average Bonchev–Trinajstić information content (AvgIpc) is 1.95. The van der Waals surface area contributed by atoms with Crippen LogP contribution in [0.3, 0.4) is 0 Å². The highest BCUT2D eigenvalue weighted by atomic mass is 32.2. The van der Waals surface area contributed by atoms with Gasteiger partial charge in [-0.05, 0) is 27.8 Å². The lowest BCUT2D eigenvalue weighted by Gasteiger charge is -2.19. The number of esters is 1. The summed E-state index contributed by atoms with van der Waals surface area (Å²) in [5.41, 5.74) is -0.643. The van der Waals surface area contributed by atoms with Crippen molar-refractivity contribution in [1.29, 1.82) is 0 Å². The van der Waals surface area contributed by atoms with Crippen LogP contribution in [0.4, 0.5) is 0 Å². The van der Waals surface area contributed by atoms with E-state index in [-0.39, 0.29) is 5.75 Å². The molecule has 0 amide bonds. The Balaban J connectivity index is 4.17. The number of carbonyl (C=O) groups is 1. The molecule has 0 aliphatic rings. The molecule has 0 fully saturated rings. The van der Waals surface area contributed by atoms with Gasteiger partial charge in [-0.2, -0.15) is 0 Å². The number of sulfone groups is 1. The summed E-state index contributed by atoms with van der Waals surface area (Å²) in [5.74, 6) is -1.30. The molecule has 0 spiro atoms. The first-order chi connectivity index (χ1) is 6.66. The predicted octanol–water partition coefficient (Wildman–Crippen LogP) is -0.0377. The third kappa shape index (κ3) is 8.38. The standard InChI is InChI=1S/C9H19NO4S/c1-9(2,3)14-8(11)7-15(12,13)6-5-10-4/h10H,5-7H2,1-4H3. The van der Waals surface area contributed by atoms with Gasteiger partial charge in [-0.1, -0.05) is 0 Å². The number of nitrogens with one attached hydrogen (secondary N) is 1. The largest absolute Gasteiger partial charge is 0.459 e. The molecule has 5 nitrogen and oxygen atoms in total. The van der Waals surface area contributed by atoms with Crippen molar-refractivity contribution in [3.8, 4) is 0 Å². The first-order valence-electron chi connectivity index (χ1n) is 4.73. The Labute approximate surface area is 91.1 Å². The normalized spacial score (nSPS) is 12.5. The molecule has 0 heterocycles. The van der Waals surface area contributed by atoms with Crippen LogP contribution in [-0.4, -0.2) is 45.1 Å². The molecule has 6 heteroatoms. The van der Waals surface area contributed by atoms with E-state index in [1.54, 1.807) is 27.8 Å². The Bertz CT molecular complexity index is 303. The minimum atomic E-state index is -3.35. The Morgan fingerprint density at radius 3 is 2.27 bits per heavy atom. The zero-order valence-corrected chi connectivity index (χ0v) is 10.5. The van der Waals surface area contributed by atoms with E-state index in [2.05, 4.69) is 5.32 Å². The zero-order valence-electron chi connectivity index (χ0n) is 9.66. The second kappa shape index (κ2) is 5.46. The van der Waals surface area contributed by atoms with Crippen LogP contribution in [-0.2, 0) is 19.4 Å². The fraction of sp³-hybridized carbons (Fsp3) is 0.889. The van der Waals surface area contributed by atoms with E-state index in [0.717, 1.165) is 0 Å². The van der Waals surface area contributed by atoms with Crippen LogP contribution >= 0.6 is 0 Å². The minimum absolute atomic E-state index is 0.0528. The Morgan fingerprint density at radius 2 is 1.87 bits per heavy atom. The average molecular weight is 237 g/mol. The molecule has 90 valence electrons. The van der Waals surface area contributed by atoms with Gasteiger partial charge in [0.25, 0.3) is 0 Å². The number of rotatable bonds is 5. The zero-order chi connectivity index (χ0) is 12.1. The van der Waals surface area contributed by atoms with E-state index in [9.17, 15) is 13.2 Å². The van der Waals surface area contributed by atoms with E-state index >= 15 is 0 Å². The highest BCUT2D eigenvalue weighted by molar-refractivity contribution is 7.92. The highest BCUT2D eigenvalue weighted by Crippen LogP contribution is 2.07. The first kappa shape index (κ1) is 14.4. The molecule has 0 saturated carbocycles. The molecule has 0 rings (SSSR count). The molecule has 0 radical (unpaired) electrons. The number of hydrogen-bond acceptors (Lipinski definition) is 5. The van der Waals surface area contributed by atoms with Crippen molar-refractivity contribution in [1.82, 2.24) is 5.32 Å². The molecule has 0 bridgehead atoms. The summed E-state index contributed by atoms with van der Waals surface area (Å²) < 4.78 is 27.6. The molecule has 0 unspecified atom stereocenters. The highest BCUT2D eigenvalue weighted by Gasteiger charge is 2.22. The van der Waals surface area contributed by atoms with Crippen LogP contribution in [0.5, 0.6) is 0 Å². The number of ether oxygens (including phenoxy) is 1. The number of hydrogen-bond donors (Lipinski definition) is 1. The van der Waals surface area contributed by atoms with Crippen molar-refractivity contribution >= 4 is 15.8 Å². The summed E-state index contributed by atoms with van der Waals surface area (Å²) in [6.07, 6.45) is 0. The molecular weight excluding hydrogens is 218 g/mol. The maximum atomic E-state index is 11.3. The minimum Gasteiger partial charge on any atom is -0.459 e. The lowest BCUT2D eigenvalue weighted by Crippen LogP contribution is -2.31. The monoisotopic (exact) mass is 237 g/mol. The second-order valence-corrected chi connectivity index (χ2v) is 6.47. The third-order valence-corrected chi connectivity index (χ3v) is 2.92. The molecule has 0 saturated heterocycles. The summed E-state index contributed by atoms with van der Waals surface area (Å²) in [6, 6.07) is 0. The van der Waals surface area contributed by atoms with Gasteiger partial charge < -0.3 is 10.1 Å². The van der Waals surface area contributed by atoms with Gasteiger partial charge in [-0.25, -0.2) is 8.42 Å². The maximum Gasteiger partial charge on any atom is 0.321 e. The van der Waals surface area contributed by atoms with E-state index in [0.29, 0.717) is 6.54 Å². The van der Waals surface area contributed by atoms with Gasteiger partial charge in [0.05, 0.1) is 5.75 Å². The molecule has 0 aromatic carbocycles. The molecule has 0 aromatic rings. The fourth-order valence-electron chi connectivity index (χ4n) is 0.880.